The number of aryl methyl sites for hydroxylation is 1. The highest BCUT2D eigenvalue weighted by atomic mass is 19.1. The maximum Gasteiger partial charge on any atom is 0.252 e. The molecule has 3 aromatic rings. The van der Waals surface area contributed by atoms with Crippen molar-refractivity contribution in [3.05, 3.63) is 75.8 Å². The summed E-state index contributed by atoms with van der Waals surface area (Å²) < 4.78 is 20.4. The standard InChI is InChI=1S/C24H26FN3O3/c1-27-21-6-4-3-5-18(21)19(14-23(27)29)24(30)26-17-9-11-28(12-10-17)15-16-7-8-22(31-2)20(25)13-16/h3-8,13-14,17H,9-12,15H2,1-2H3,(H,26,30). The van der Waals surface area contributed by atoms with Crippen LogP contribution in [-0.2, 0) is 13.6 Å². The first-order valence-electron chi connectivity index (χ1n) is 10.4. The second-order valence-electron chi connectivity index (χ2n) is 7.97. The fourth-order valence-corrected chi connectivity index (χ4v) is 4.16. The number of rotatable bonds is 5. The second-order valence-corrected chi connectivity index (χ2v) is 7.97. The molecular weight excluding hydrogens is 397 g/mol. The van der Waals surface area contributed by atoms with Crippen LogP contribution in [-0.4, -0.2) is 41.6 Å². The number of methoxy groups -OCH3 is 1. The molecule has 1 aliphatic heterocycles. The van der Waals surface area contributed by atoms with Gasteiger partial charge in [-0.15, -0.1) is 0 Å². The van der Waals surface area contributed by atoms with E-state index in [2.05, 4.69) is 10.2 Å². The van der Waals surface area contributed by atoms with Crippen LogP contribution in [0.2, 0.25) is 0 Å². The number of carbonyl (C=O) groups is 1. The number of hydrogen-bond donors (Lipinski definition) is 1. The number of halogens is 1. The molecule has 0 radical (unpaired) electrons. The fraction of sp³-hybridized carbons (Fsp3) is 0.333. The smallest absolute Gasteiger partial charge is 0.252 e. The van der Waals surface area contributed by atoms with E-state index in [0.29, 0.717) is 12.1 Å². The number of para-hydroxylation sites is 1. The van der Waals surface area contributed by atoms with Crippen molar-refractivity contribution in [1.82, 2.24) is 14.8 Å². The van der Waals surface area contributed by atoms with Crippen molar-refractivity contribution in [1.29, 1.82) is 0 Å². The van der Waals surface area contributed by atoms with Crippen molar-refractivity contribution >= 4 is 16.8 Å². The number of hydrogen-bond acceptors (Lipinski definition) is 4. The molecule has 1 aromatic heterocycles. The minimum atomic E-state index is -0.358. The molecule has 1 saturated heterocycles. The summed E-state index contributed by atoms with van der Waals surface area (Å²) in [6.45, 7) is 2.26. The Morgan fingerprint density at radius 3 is 2.61 bits per heavy atom. The van der Waals surface area contributed by atoms with Gasteiger partial charge in [0.15, 0.2) is 11.6 Å². The lowest BCUT2D eigenvalue weighted by Crippen LogP contribution is -2.44. The van der Waals surface area contributed by atoms with Crippen molar-refractivity contribution in [2.45, 2.75) is 25.4 Å². The van der Waals surface area contributed by atoms with E-state index in [4.69, 9.17) is 4.74 Å². The number of pyridine rings is 1. The van der Waals surface area contributed by atoms with Crippen LogP contribution in [0.15, 0.2) is 53.3 Å². The maximum absolute atomic E-state index is 13.9. The average molecular weight is 423 g/mol. The molecule has 0 aliphatic carbocycles. The van der Waals surface area contributed by atoms with Gasteiger partial charge in [0.05, 0.1) is 18.2 Å². The molecule has 162 valence electrons. The van der Waals surface area contributed by atoms with Crippen LogP contribution < -0.4 is 15.6 Å². The van der Waals surface area contributed by atoms with Crippen LogP contribution in [0.1, 0.15) is 28.8 Å². The summed E-state index contributed by atoms with van der Waals surface area (Å²) in [6, 6.07) is 13.9. The van der Waals surface area contributed by atoms with Gasteiger partial charge in [-0.25, -0.2) is 4.39 Å². The number of carbonyl (C=O) groups excluding carboxylic acids is 1. The Morgan fingerprint density at radius 2 is 1.90 bits per heavy atom. The van der Waals surface area contributed by atoms with Crippen LogP contribution in [0, 0.1) is 5.82 Å². The van der Waals surface area contributed by atoms with Crippen molar-refractivity contribution in [3.8, 4) is 5.75 Å². The normalized spacial score (nSPS) is 15.2. The highest BCUT2D eigenvalue weighted by Gasteiger charge is 2.23. The maximum atomic E-state index is 13.9. The molecule has 0 bridgehead atoms. The van der Waals surface area contributed by atoms with Gasteiger partial charge in [0.25, 0.3) is 11.5 Å². The highest BCUT2D eigenvalue weighted by molar-refractivity contribution is 6.06. The van der Waals surface area contributed by atoms with Crippen molar-refractivity contribution in [2.24, 2.45) is 7.05 Å². The molecule has 7 heteroatoms. The first-order valence-corrected chi connectivity index (χ1v) is 10.4. The van der Waals surface area contributed by atoms with Gasteiger partial charge >= 0.3 is 0 Å². The average Bonchev–Trinajstić information content (AvgIpc) is 2.77. The largest absolute Gasteiger partial charge is 0.494 e. The topological polar surface area (TPSA) is 63.6 Å². The molecule has 2 aromatic carbocycles. The Kier molecular flexibility index (Phi) is 6.04. The summed E-state index contributed by atoms with van der Waals surface area (Å²) in [5, 5.41) is 3.86. The number of nitrogens with zero attached hydrogens (tertiary/aromatic N) is 2. The van der Waals surface area contributed by atoms with Crippen molar-refractivity contribution < 1.29 is 13.9 Å². The van der Waals surface area contributed by atoms with Gasteiger partial charge in [-0.05, 0) is 36.6 Å². The van der Waals surface area contributed by atoms with Crippen LogP contribution in [0.3, 0.4) is 0 Å². The van der Waals surface area contributed by atoms with Gasteiger partial charge in [0.2, 0.25) is 0 Å². The summed E-state index contributed by atoms with van der Waals surface area (Å²) in [7, 11) is 3.16. The summed E-state index contributed by atoms with van der Waals surface area (Å²) in [6.07, 6.45) is 1.60. The molecule has 1 amide bonds. The SMILES string of the molecule is COc1ccc(CN2CCC(NC(=O)c3cc(=O)n(C)c4ccccc34)CC2)cc1F. The van der Waals surface area contributed by atoms with Gasteiger partial charge in [0.1, 0.15) is 0 Å². The number of amides is 1. The van der Waals surface area contributed by atoms with E-state index in [0.717, 1.165) is 42.4 Å². The molecule has 6 nitrogen and oxygen atoms in total. The van der Waals surface area contributed by atoms with Crippen molar-refractivity contribution in [3.63, 3.8) is 0 Å². The molecule has 0 unspecified atom stereocenters. The van der Waals surface area contributed by atoms with E-state index in [-0.39, 0.29) is 29.1 Å². The summed E-state index contributed by atoms with van der Waals surface area (Å²) in [4.78, 5) is 27.5. The lowest BCUT2D eigenvalue weighted by molar-refractivity contribution is 0.0910. The third-order valence-corrected chi connectivity index (χ3v) is 5.94. The lowest BCUT2D eigenvalue weighted by Gasteiger charge is -2.32. The minimum Gasteiger partial charge on any atom is -0.494 e. The van der Waals surface area contributed by atoms with Crippen LogP contribution in [0.5, 0.6) is 5.75 Å². The van der Waals surface area contributed by atoms with Gasteiger partial charge in [-0.3, -0.25) is 14.5 Å². The Balaban J connectivity index is 1.39. The molecule has 0 saturated carbocycles. The molecule has 1 fully saturated rings. The second kappa shape index (κ2) is 8.89. The van der Waals surface area contributed by atoms with E-state index in [1.807, 2.05) is 30.3 Å². The third kappa shape index (κ3) is 4.46. The fourth-order valence-electron chi connectivity index (χ4n) is 4.16. The predicted molar refractivity (Wildman–Crippen MR) is 118 cm³/mol. The number of likely N-dealkylation sites (tertiary alicyclic amines) is 1. The first kappa shape index (κ1) is 21.1. The molecule has 31 heavy (non-hydrogen) atoms. The zero-order valence-corrected chi connectivity index (χ0v) is 17.7. The quantitative estimate of drug-likeness (QED) is 0.685. The number of benzene rings is 2. The Bertz CT molecular complexity index is 1170. The lowest BCUT2D eigenvalue weighted by atomic mass is 10.0. The predicted octanol–water partition coefficient (Wildman–Crippen LogP) is 3.08. The molecular formula is C24H26FN3O3. The van der Waals surface area contributed by atoms with Crippen molar-refractivity contribution in [2.75, 3.05) is 20.2 Å². The molecule has 0 spiro atoms. The van der Waals surface area contributed by atoms with Crippen LogP contribution in [0.25, 0.3) is 10.9 Å². The Morgan fingerprint density at radius 1 is 1.16 bits per heavy atom. The third-order valence-electron chi connectivity index (χ3n) is 5.94. The number of fused-ring (bicyclic) bond motifs is 1. The highest BCUT2D eigenvalue weighted by Crippen LogP contribution is 2.21. The van der Waals surface area contributed by atoms with E-state index in [9.17, 15) is 14.0 Å². The Hall–Kier alpha value is -3.19. The zero-order valence-electron chi connectivity index (χ0n) is 17.7. The molecule has 2 heterocycles. The molecule has 1 aliphatic rings. The van der Waals surface area contributed by atoms with Gasteiger partial charge in [-0.2, -0.15) is 0 Å². The molecule has 4 rings (SSSR count). The van der Waals surface area contributed by atoms with Crippen LogP contribution >= 0.6 is 0 Å². The zero-order chi connectivity index (χ0) is 22.0. The van der Waals surface area contributed by atoms with Gasteiger partial charge < -0.3 is 14.6 Å². The summed E-state index contributed by atoms with van der Waals surface area (Å²) in [5.74, 6) is -0.332. The monoisotopic (exact) mass is 423 g/mol. The van der Waals surface area contributed by atoms with E-state index in [1.165, 1.54) is 19.2 Å². The molecule has 1 N–H and O–H groups in total. The van der Waals surface area contributed by atoms with Gasteiger partial charge in [0, 0.05) is 44.2 Å². The van der Waals surface area contributed by atoms with Gasteiger partial charge in [-0.1, -0.05) is 24.3 Å². The van der Waals surface area contributed by atoms with E-state index in [1.54, 1.807) is 17.7 Å². The minimum absolute atomic E-state index is 0.0409. The number of ether oxygens (including phenoxy) is 1. The first-order chi connectivity index (χ1) is 15.0. The number of aromatic nitrogens is 1. The number of nitrogens with one attached hydrogen (secondary N) is 1. The van der Waals surface area contributed by atoms with E-state index >= 15 is 0 Å². The van der Waals surface area contributed by atoms with E-state index < -0.39 is 0 Å². The molecule has 0 atom stereocenters. The summed E-state index contributed by atoms with van der Waals surface area (Å²) in [5.41, 5.74) is 1.84. The Labute approximate surface area is 180 Å². The van der Waals surface area contributed by atoms with Crippen LogP contribution in [0.4, 0.5) is 4.39 Å². The summed E-state index contributed by atoms with van der Waals surface area (Å²) >= 11 is 0. The number of piperidine rings is 1.